The third-order valence-corrected chi connectivity index (χ3v) is 4.91. The molecule has 1 aliphatic rings. The highest BCUT2D eigenvalue weighted by Gasteiger charge is 2.21. The molecule has 7 nitrogen and oxygen atoms in total. The van der Waals surface area contributed by atoms with Crippen LogP contribution in [0.25, 0.3) is 0 Å². The van der Waals surface area contributed by atoms with Crippen molar-refractivity contribution in [3.63, 3.8) is 0 Å². The summed E-state index contributed by atoms with van der Waals surface area (Å²) in [5.74, 6) is 1.48. The van der Waals surface area contributed by atoms with Crippen LogP contribution < -0.4 is 15.5 Å². The van der Waals surface area contributed by atoms with E-state index in [2.05, 4.69) is 25.5 Å². The van der Waals surface area contributed by atoms with E-state index in [1.54, 1.807) is 18.3 Å². The van der Waals surface area contributed by atoms with Crippen LogP contribution in [0.2, 0.25) is 0 Å². The molecule has 0 aliphatic carbocycles. The molecule has 2 heterocycles. The number of halogens is 2. The fourth-order valence-electron chi connectivity index (χ4n) is 3.27. The van der Waals surface area contributed by atoms with Crippen LogP contribution >= 0.6 is 24.0 Å². The first-order valence-electron chi connectivity index (χ1n) is 10.4. The fraction of sp³-hybridized carbons (Fsp3) is 0.409. The van der Waals surface area contributed by atoms with Crippen LogP contribution in [0.15, 0.2) is 53.7 Å². The van der Waals surface area contributed by atoms with Crippen molar-refractivity contribution in [1.29, 1.82) is 0 Å². The molecule has 31 heavy (non-hydrogen) atoms. The lowest BCUT2D eigenvalue weighted by molar-refractivity contribution is -0.131. The molecule has 0 bridgehead atoms. The highest BCUT2D eigenvalue weighted by Crippen LogP contribution is 2.13. The summed E-state index contributed by atoms with van der Waals surface area (Å²) in [6, 6.07) is 12.2. The summed E-state index contributed by atoms with van der Waals surface area (Å²) < 4.78 is 13.0. The number of pyridine rings is 1. The standard InChI is InChI=1S/C22H29FN6O.HI/c1-2-24-22(27-17-18-6-8-19(23)9-7-18)26-12-10-21(30)29-15-13-28(14-16-29)20-5-3-4-11-25-20;/h3-9,11H,2,10,12-17H2,1H3,(H2,24,26,27);1H. The zero-order chi connectivity index (χ0) is 21.2. The SMILES string of the molecule is CCNC(=NCc1ccc(F)cc1)NCCC(=O)N1CCN(c2ccccn2)CC1.I. The molecule has 2 aromatic rings. The van der Waals surface area contributed by atoms with Crippen LogP contribution in [0.4, 0.5) is 10.2 Å². The van der Waals surface area contributed by atoms with Gasteiger partial charge in [-0.3, -0.25) is 4.79 Å². The molecule has 1 saturated heterocycles. The van der Waals surface area contributed by atoms with E-state index in [1.165, 1.54) is 12.1 Å². The number of piperazine rings is 1. The molecule has 1 fully saturated rings. The average Bonchev–Trinajstić information content (AvgIpc) is 2.79. The predicted octanol–water partition coefficient (Wildman–Crippen LogP) is 2.63. The smallest absolute Gasteiger partial charge is 0.224 e. The van der Waals surface area contributed by atoms with Gasteiger partial charge in [-0.1, -0.05) is 18.2 Å². The van der Waals surface area contributed by atoms with Crippen molar-refractivity contribution in [2.45, 2.75) is 19.9 Å². The van der Waals surface area contributed by atoms with E-state index < -0.39 is 0 Å². The number of aromatic nitrogens is 1. The summed E-state index contributed by atoms with van der Waals surface area (Å²) in [6.07, 6.45) is 2.20. The van der Waals surface area contributed by atoms with Gasteiger partial charge in [0.15, 0.2) is 5.96 Å². The quantitative estimate of drug-likeness (QED) is 0.321. The van der Waals surface area contributed by atoms with Gasteiger partial charge < -0.3 is 20.4 Å². The van der Waals surface area contributed by atoms with Gasteiger partial charge in [0.05, 0.1) is 6.54 Å². The Kier molecular flexibility index (Phi) is 10.5. The van der Waals surface area contributed by atoms with Crippen LogP contribution in [0.1, 0.15) is 18.9 Å². The average molecular weight is 540 g/mol. The second-order valence-corrected chi connectivity index (χ2v) is 7.05. The molecule has 0 unspecified atom stereocenters. The van der Waals surface area contributed by atoms with Crippen LogP contribution in [0, 0.1) is 5.82 Å². The molecule has 168 valence electrons. The third kappa shape index (κ3) is 7.97. The van der Waals surface area contributed by atoms with Gasteiger partial charge in [0.1, 0.15) is 11.6 Å². The van der Waals surface area contributed by atoms with E-state index in [1.807, 2.05) is 30.0 Å². The van der Waals surface area contributed by atoms with Crippen molar-refractivity contribution in [2.24, 2.45) is 4.99 Å². The number of anilines is 1. The van der Waals surface area contributed by atoms with E-state index in [4.69, 9.17) is 0 Å². The van der Waals surface area contributed by atoms with Gasteiger partial charge in [-0.15, -0.1) is 24.0 Å². The minimum atomic E-state index is -0.257. The minimum absolute atomic E-state index is 0. The first-order valence-corrected chi connectivity index (χ1v) is 10.4. The number of aliphatic imine (C=N–C) groups is 1. The molecular formula is C22H30FIN6O. The van der Waals surface area contributed by atoms with Gasteiger partial charge in [-0.25, -0.2) is 14.4 Å². The summed E-state index contributed by atoms with van der Waals surface area (Å²) in [6.45, 7) is 6.64. The zero-order valence-corrected chi connectivity index (χ0v) is 20.1. The maximum Gasteiger partial charge on any atom is 0.224 e. The van der Waals surface area contributed by atoms with Crippen LogP contribution in [-0.2, 0) is 11.3 Å². The van der Waals surface area contributed by atoms with Crippen molar-refractivity contribution >= 4 is 41.7 Å². The summed E-state index contributed by atoms with van der Waals surface area (Å²) in [5.41, 5.74) is 0.926. The van der Waals surface area contributed by atoms with E-state index in [0.717, 1.165) is 31.0 Å². The number of hydrogen-bond donors (Lipinski definition) is 2. The Bertz CT molecular complexity index is 826. The highest BCUT2D eigenvalue weighted by molar-refractivity contribution is 14.0. The Morgan fingerprint density at radius 3 is 2.48 bits per heavy atom. The molecule has 1 aliphatic heterocycles. The fourth-order valence-corrected chi connectivity index (χ4v) is 3.27. The number of guanidine groups is 1. The lowest BCUT2D eigenvalue weighted by Crippen LogP contribution is -2.49. The lowest BCUT2D eigenvalue weighted by Gasteiger charge is -2.35. The first kappa shape index (κ1) is 24.8. The number of benzene rings is 1. The summed E-state index contributed by atoms with van der Waals surface area (Å²) in [4.78, 5) is 25.5. The van der Waals surface area contributed by atoms with Crippen LogP contribution in [0.5, 0.6) is 0 Å². The van der Waals surface area contributed by atoms with Gasteiger partial charge in [0.2, 0.25) is 5.91 Å². The number of nitrogens with one attached hydrogen (secondary N) is 2. The number of nitrogens with zero attached hydrogens (tertiary/aromatic N) is 4. The van der Waals surface area contributed by atoms with Gasteiger partial charge in [-0.2, -0.15) is 0 Å². The van der Waals surface area contributed by atoms with Crippen molar-refractivity contribution in [3.8, 4) is 0 Å². The molecule has 1 amide bonds. The Balaban J connectivity index is 0.00000341. The van der Waals surface area contributed by atoms with Gasteiger partial charge in [0.25, 0.3) is 0 Å². The molecule has 0 saturated carbocycles. The topological polar surface area (TPSA) is 72.9 Å². The molecule has 0 spiro atoms. The Labute approximate surface area is 200 Å². The summed E-state index contributed by atoms with van der Waals surface area (Å²) in [5, 5.41) is 6.37. The van der Waals surface area contributed by atoms with Crippen molar-refractivity contribution in [2.75, 3.05) is 44.2 Å². The Morgan fingerprint density at radius 1 is 1.10 bits per heavy atom. The number of carbonyl (C=O) groups excluding carboxylic acids is 1. The molecule has 1 aromatic carbocycles. The van der Waals surface area contributed by atoms with Crippen LogP contribution in [-0.4, -0.2) is 61.0 Å². The second kappa shape index (κ2) is 13.1. The van der Waals surface area contributed by atoms with Gasteiger partial charge in [0, 0.05) is 51.9 Å². The number of hydrogen-bond acceptors (Lipinski definition) is 4. The molecular weight excluding hydrogens is 510 g/mol. The van der Waals surface area contributed by atoms with Crippen molar-refractivity contribution in [3.05, 3.63) is 60.0 Å². The van der Waals surface area contributed by atoms with Crippen molar-refractivity contribution in [1.82, 2.24) is 20.5 Å². The second-order valence-electron chi connectivity index (χ2n) is 7.05. The Morgan fingerprint density at radius 2 is 1.84 bits per heavy atom. The van der Waals surface area contributed by atoms with Crippen LogP contribution in [0.3, 0.4) is 0 Å². The Hall–Kier alpha value is -2.43. The van der Waals surface area contributed by atoms with E-state index >= 15 is 0 Å². The minimum Gasteiger partial charge on any atom is -0.357 e. The largest absolute Gasteiger partial charge is 0.357 e. The van der Waals surface area contributed by atoms with Gasteiger partial charge >= 0.3 is 0 Å². The first-order chi connectivity index (χ1) is 14.7. The number of amides is 1. The molecule has 2 N–H and O–H groups in total. The van der Waals surface area contributed by atoms with E-state index in [9.17, 15) is 9.18 Å². The maximum atomic E-state index is 13.0. The highest BCUT2D eigenvalue weighted by atomic mass is 127. The van der Waals surface area contributed by atoms with Gasteiger partial charge in [-0.05, 0) is 36.8 Å². The molecule has 0 radical (unpaired) electrons. The number of rotatable bonds is 7. The van der Waals surface area contributed by atoms with E-state index in [0.29, 0.717) is 38.6 Å². The lowest BCUT2D eigenvalue weighted by atomic mass is 10.2. The normalized spacial score (nSPS) is 14.1. The maximum absolute atomic E-state index is 13.0. The van der Waals surface area contributed by atoms with E-state index in [-0.39, 0.29) is 35.7 Å². The number of carbonyl (C=O) groups is 1. The molecule has 1 aromatic heterocycles. The molecule has 9 heteroatoms. The summed E-state index contributed by atoms with van der Waals surface area (Å²) in [7, 11) is 0. The monoisotopic (exact) mass is 540 g/mol. The summed E-state index contributed by atoms with van der Waals surface area (Å²) >= 11 is 0. The molecule has 3 rings (SSSR count). The third-order valence-electron chi connectivity index (χ3n) is 4.91. The van der Waals surface area contributed by atoms with Crippen molar-refractivity contribution < 1.29 is 9.18 Å². The predicted molar refractivity (Wildman–Crippen MR) is 132 cm³/mol. The zero-order valence-electron chi connectivity index (χ0n) is 17.8. The molecule has 0 atom stereocenters.